The fourth-order valence-corrected chi connectivity index (χ4v) is 1.48. The molecule has 0 heterocycles. The van der Waals surface area contributed by atoms with Crippen LogP contribution < -0.4 is 0 Å². The maximum Gasteiger partial charge on any atom is 0.349 e. The van der Waals surface area contributed by atoms with E-state index in [4.69, 9.17) is 9.47 Å². The first-order chi connectivity index (χ1) is 8.58. The van der Waals surface area contributed by atoms with E-state index in [9.17, 15) is 9.59 Å². The molecule has 18 heavy (non-hydrogen) atoms. The summed E-state index contributed by atoms with van der Waals surface area (Å²) in [4.78, 5) is 23.1. The molecule has 0 spiro atoms. The molecule has 6 heteroatoms. The van der Waals surface area contributed by atoms with Crippen LogP contribution in [0.15, 0.2) is 28.7 Å². The summed E-state index contributed by atoms with van der Waals surface area (Å²) in [6.07, 6.45) is -1.06. The standard InChI is InChI=1S/C12H13BrO5/c1-16-7-10(12(15)17-2)18-11(14)8-3-5-9(13)6-4-8/h3-6,10H,7H2,1-2H3/t10-/m0/s1. The van der Waals surface area contributed by atoms with Gasteiger partial charge in [-0.2, -0.15) is 0 Å². The van der Waals surface area contributed by atoms with E-state index in [1.165, 1.54) is 14.2 Å². The van der Waals surface area contributed by atoms with Crippen LogP contribution in [0.25, 0.3) is 0 Å². The second-order valence-electron chi connectivity index (χ2n) is 3.38. The Morgan fingerprint density at radius 2 is 1.83 bits per heavy atom. The van der Waals surface area contributed by atoms with Crippen molar-refractivity contribution in [1.82, 2.24) is 0 Å². The van der Waals surface area contributed by atoms with Gasteiger partial charge < -0.3 is 14.2 Å². The topological polar surface area (TPSA) is 61.8 Å². The molecule has 0 fully saturated rings. The van der Waals surface area contributed by atoms with Gasteiger partial charge in [-0.3, -0.25) is 0 Å². The highest BCUT2D eigenvalue weighted by molar-refractivity contribution is 9.10. The van der Waals surface area contributed by atoms with Crippen molar-refractivity contribution in [2.45, 2.75) is 6.10 Å². The molecule has 0 aromatic heterocycles. The Morgan fingerprint density at radius 3 is 2.33 bits per heavy atom. The lowest BCUT2D eigenvalue weighted by Gasteiger charge is -2.14. The fourth-order valence-electron chi connectivity index (χ4n) is 1.22. The molecule has 5 nitrogen and oxygen atoms in total. The van der Waals surface area contributed by atoms with E-state index in [0.717, 1.165) is 4.47 Å². The summed E-state index contributed by atoms with van der Waals surface area (Å²) in [6.45, 7) is -0.0467. The van der Waals surface area contributed by atoms with Crippen molar-refractivity contribution in [3.05, 3.63) is 34.3 Å². The molecule has 0 bridgehead atoms. The molecule has 0 saturated heterocycles. The zero-order valence-corrected chi connectivity index (χ0v) is 11.6. The summed E-state index contributed by atoms with van der Waals surface area (Å²) in [5.74, 6) is -1.25. The quantitative estimate of drug-likeness (QED) is 0.775. The van der Waals surface area contributed by atoms with Gasteiger partial charge in [0.25, 0.3) is 0 Å². The van der Waals surface area contributed by atoms with E-state index in [0.29, 0.717) is 5.56 Å². The van der Waals surface area contributed by atoms with Gasteiger partial charge in [-0.1, -0.05) is 15.9 Å². The summed E-state index contributed by atoms with van der Waals surface area (Å²) in [6, 6.07) is 6.60. The van der Waals surface area contributed by atoms with Gasteiger partial charge in [0.05, 0.1) is 19.3 Å². The third-order valence-corrected chi connectivity index (χ3v) is 2.64. The molecular formula is C12H13BrO5. The molecule has 0 aliphatic heterocycles. The Balaban J connectivity index is 2.71. The molecule has 0 saturated carbocycles. The maximum atomic E-state index is 11.8. The highest BCUT2D eigenvalue weighted by Gasteiger charge is 2.24. The minimum absolute atomic E-state index is 0.0467. The van der Waals surface area contributed by atoms with Gasteiger partial charge in [-0.25, -0.2) is 9.59 Å². The number of rotatable bonds is 5. The van der Waals surface area contributed by atoms with Gasteiger partial charge in [-0.05, 0) is 24.3 Å². The molecule has 1 atom stereocenters. The van der Waals surface area contributed by atoms with Crippen LogP contribution in [0.3, 0.4) is 0 Å². The molecule has 0 amide bonds. The van der Waals surface area contributed by atoms with Crippen molar-refractivity contribution in [3.63, 3.8) is 0 Å². The maximum absolute atomic E-state index is 11.8. The zero-order chi connectivity index (χ0) is 13.5. The Kier molecular flexibility index (Phi) is 5.80. The third-order valence-electron chi connectivity index (χ3n) is 2.11. The zero-order valence-electron chi connectivity index (χ0n) is 10.0. The first-order valence-electron chi connectivity index (χ1n) is 5.11. The Hall–Kier alpha value is -1.40. The average molecular weight is 317 g/mol. The lowest BCUT2D eigenvalue weighted by molar-refractivity contribution is -0.153. The van der Waals surface area contributed by atoms with Gasteiger partial charge in [0, 0.05) is 11.6 Å². The number of esters is 2. The molecular weight excluding hydrogens is 304 g/mol. The van der Waals surface area contributed by atoms with E-state index >= 15 is 0 Å². The first-order valence-corrected chi connectivity index (χ1v) is 5.91. The predicted octanol–water partition coefficient (Wildman–Crippen LogP) is 1.79. The van der Waals surface area contributed by atoms with Crippen molar-refractivity contribution in [3.8, 4) is 0 Å². The van der Waals surface area contributed by atoms with Crippen LogP contribution in [0.4, 0.5) is 0 Å². The fraction of sp³-hybridized carbons (Fsp3) is 0.333. The number of carbonyl (C=O) groups is 2. The molecule has 0 aliphatic rings. The van der Waals surface area contributed by atoms with Crippen molar-refractivity contribution < 1.29 is 23.8 Å². The van der Waals surface area contributed by atoms with Crippen molar-refractivity contribution in [2.24, 2.45) is 0 Å². The molecule has 0 N–H and O–H groups in total. The third kappa shape index (κ3) is 4.12. The van der Waals surface area contributed by atoms with Gasteiger partial charge in [0.1, 0.15) is 0 Å². The molecule has 0 aliphatic carbocycles. The second-order valence-corrected chi connectivity index (χ2v) is 4.30. The van der Waals surface area contributed by atoms with Crippen LogP contribution in [-0.2, 0) is 19.0 Å². The van der Waals surface area contributed by atoms with Crippen LogP contribution in [0.2, 0.25) is 0 Å². The van der Waals surface area contributed by atoms with E-state index < -0.39 is 18.0 Å². The van der Waals surface area contributed by atoms with Crippen molar-refractivity contribution in [1.29, 1.82) is 0 Å². The normalized spacial score (nSPS) is 11.7. The van der Waals surface area contributed by atoms with E-state index in [1.54, 1.807) is 24.3 Å². The second kappa shape index (κ2) is 7.13. The highest BCUT2D eigenvalue weighted by atomic mass is 79.9. The van der Waals surface area contributed by atoms with Crippen LogP contribution in [0, 0.1) is 0 Å². The number of ether oxygens (including phenoxy) is 3. The number of methoxy groups -OCH3 is 2. The summed E-state index contributed by atoms with van der Waals surface area (Å²) in [5.41, 5.74) is 0.350. The van der Waals surface area contributed by atoms with Crippen LogP contribution in [-0.4, -0.2) is 38.9 Å². The minimum Gasteiger partial charge on any atom is -0.466 e. The van der Waals surface area contributed by atoms with Crippen LogP contribution in [0.5, 0.6) is 0 Å². The van der Waals surface area contributed by atoms with E-state index in [1.807, 2.05) is 0 Å². The smallest absolute Gasteiger partial charge is 0.349 e. The van der Waals surface area contributed by atoms with Crippen LogP contribution >= 0.6 is 15.9 Å². The predicted molar refractivity (Wildman–Crippen MR) is 67.2 cm³/mol. The molecule has 0 radical (unpaired) electrons. The van der Waals surface area contributed by atoms with E-state index in [-0.39, 0.29) is 6.61 Å². The summed E-state index contributed by atoms with van der Waals surface area (Å²) in [5, 5.41) is 0. The van der Waals surface area contributed by atoms with Gasteiger partial charge in [0.15, 0.2) is 0 Å². The Morgan fingerprint density at radius 1 is 1.22 bits per heavy atom. The Labute approximate surface area is 113 Å². The number of carbonyl (C=O) groups excluding carboxylic acids is 2. The van der Waals surface area contributed by atoms with Crippen molar-refractivity contribution in [2.75, 3.05) is 20.8 Å². The molecule has 0 unspecified atom stereocenters. The highest BCUT2D eigenvalue weighted by Crippen LogP contribution is 2.12. The van der Waals surface area contributed by atoms with Crippen molar-refractivity contribution >= 4 is 27.9 Å². The largest absolute Gasteiger partial charge is 0.466 e. The number of hydrogen-bond acceptors (Lipinski definition) is 5. The number of benzene rings is 1. The lowest BCUT2D eigenvalue weighted by atomic mass is 10.2. The Bertz CT molecular complexity index is 415. The van der Waals surface area contributed by atoms with Crippen LogP contribution in [0.1, 0.15) is 10.4 Å². The first kappa shape index (κ1) is 14.7. The monoisotopic (exact) mass is 316 g/mol. The molecule has 1 aromatic rings. The van der Waals surface area contributed by atoms with E-state index in [2.05, 4.69) is 20.7 Å². The summed E-state index contributed by atoms with van der Waals surface area (Å²) >= 11 is 3.26. The average Bonchev–Trinajstić information content (AvgIpc) is 2.38. The van der Waals surface area contributed by atoms with Gasteiger partial charge in [-0.15, -0.1) is 0 Å². The summed E-state index contributed by atoms with van der Waals surface area (Å²) < 4.78 is 15.2. The molecule has 1 rings (SSSR count). The lowest BCUT2D eigenvalue weighted by Crippen LogP contribution is -2.32. The van der Waals surface area contributed by atoms with Gasteiger partial charge >= 0.3 is 11.9 Å². The SMILES string of the molecule is COC[C@H](OC(=O)c1ccc(Br)cc1)C(=O)OC. The summed E-state index contributed by atoms with van der Waals surface area (Å²) in [7, 11) is 2.63. The molecule has 1 aromatic carbocycles. The molecule has 98 valence electrons. The number of halogens is 1. The minimum atomic E-state index is -1.06. The van der Waals surface area contributed by atoms with Gasteiger partial charge in [0.2, 0.25) is 6.10 Å². The number of hydrogen-bond donors (Lipinski definition) is 0.